The topological polar surface area (TPSA) is 34.9 Å². The predicted molar refractivity (Wildman–Crippen MR) is 75.5 cm³/mol. The molecule has 0 spiro atoms. The van der Waals surface area contributed by atoms with E-state index < -0.39 is 5.82 Å². The first kappa shape index (κ1) is 13.3. The second kappa shape index (κ2) is 5.02. The van der Waals surface area contributed by atoms with Gasteiger partial charge in [-0.2, -0.15) is 5.10 Å². The Morgan fingerprint density at radius 3 is 2.85 bits per heavy atom. The molecule has 0 N–H and O–H groups in total. The van der Waals surface area contributed by atoms with Crippen LogP contribution in [0.4, 0.5) is 4.39 Å². The van der Waals surface area contributed by atoms with Crippen LogP contribution >= 0.6 is 11.6 Å². The first-order valence-corrected chi connectivity index (χ1v) is 6.97. The number of carbonyl (C=O) groups excluding carboxylic acids is 1. The third-order valence-electron chi connectivity index (χ3n) is 3.80. The summed E-state index contributed by atoms with van der Waals surface area (Å²) in [6, 6.07) is 4.72. The monoisotopic (exact) mass is 292 g/mol. The van der Waals surface area contributed by atoms with E-state index in [0.717, 1.165) is 6.29 Å². The van der Waals surface area contributed by atoms with Gasteiger partial charge in [0, 0.05) is 11.8 Å². The van der Waals surface area contributed by atoms with Crippen molar-refractivity contribution < 1.29 is 9.18 Å². The third kappa shape index (κ3) is 2.36. The van der Waals surface area contributed by atoms with Crippen molar-refractivity contribution >= 4 is 17.9 Å². The van der Waals surface area contributed by atoms with Crippen LogP contribution in [0.15, 0.2) is 24.4 Å². The van der Waals surface area contributed by atoms with Crippen LogP contribution in [0.3, 0.4) is 0 Å². The molecule has 0 aliphatic heterocycles. The molecule has 1 heterocycles. The number of rotatable bonds is 4. The van der Waals surface area contributed by atoms with Gasteiger partial charge in [-0.25, -0.2) is 4.39 Å². The van der Waals surface area contributed by atoms with Crippen LogP contribution in [0.5, 0.6) is 0 Å². The van der Waals surface area contributed by atoms with Crippen LogP contribution in [0, 0.1) is 11.7 Å². The van der Waals surface area contributed by atoms with Crippen molar-refractivity contribution in [3.05, 3.63) is 40.8 Å². The first-order chi connectivity index (χ1) is 9.60. The molecule has 1 fully saturated rings. The van der Waals surface area contributed by atoms with E-state index in [-0.39, 0.29) is 11.1 Å². The van der Waals surface area contributed by atoms with Crippen molar-refractivity contribution in [2.45, 2.75) is 25.8 Å². The van der Waals surface area contributed by atoms with E-state index in [2.05, 4.69) is 12.0 Å². The van der Waals surface area contributed by atoms with Crippen LogP contribution in [-0.4, -0.2) is 16.1 Å². The molecule has 0 bridgehead atoms. The molecule has 5 heteroatoms. The molecule has 0 amide bonds. The zero-order valence-corrected chi connectivity index (χ0v) is 11.8. The molecule has 1 aliphatic carbocycles. The molecule has 3 rings (SSSR count). The Bertz CT molecular complexity index is 664. The van der Waals surface area contributed by atoms with Crippen LogP contribution in [0.1, 0.15) is 36.2 Å². The largest absolute Gasteiger partial charge is 0.298 e. The Hall–Kier alpha value is -1.68. The summed E-state index contributed by atoms with van der Waals surface area (Å²) in [5.41, 5.74) is 1.54. The summed E-state index contributed by atoms with van der Waals surface area (Å²) >= 11 is 5.68. The van der Waals surface area contributed by atoms with Gasteiger partial charge in [0.2, 0.25) is 0 Å². The maximum Gasteiger partial charge on any atom is 0.153 e. The minimum atomic E-state index is -0.509. The van der Waals surface area contributed by atoms with E-state index in [1.165, 1.54) is 25.0 Å². The summed E-state index contributed by atoms with van der Waals surface area (Å²) in [4.78, 5) is 11.2. The molecule has 1 saturated carbocycles. The average molecular weight is 293 g/mol. The standard InChI is InChI=1S/C15H14ClFN2O/c1-9(10-2-3-10)19-7-12(8-20)15(18-19)11-4-5-13(16)14(17)6-11/h4-10H,2-3H2,1H3. The average Bonchev–Trinajstić information content (AvgIpc) is 3.20. The lowest BCUT2D eigenvalue weighted by Gasteiger charge is -2.09. The fraction of sp³-hybridized carbons (Fsp3) is 0.333. The highest BCUT2D eigenvalue weighted by atomic mass is 35.5. The molecule has 2 aromatic rings. The molecular formula is C15H14ClFN2O. The number of carbonyl (C=O) groups is 1. The van der Waals surface area contributed by atoms with Crippen molar-refractivity contribution in [2.75, 3.05) is 0 Å². The first-order valence-electron chi connectivity index (χ1n) is 6.60. The van der Waals surface area contributed by atoms with Crippen molar-refractivity contribution in [1.29, 1.82) is 0 Å². The van der Waals surface area contributed by atoms with E-state index >= 15 is 0 Å². The SMILES string of the molecule is CC(C1CC1)n1cc(C=O)c(-c2ccc(Cl)c(F)c2)n1. The Morgan fingerprint density at radius 1 is 1.50 bits per heavy atom. The summed E-state index contributed by atoms with van der Waals surface area (Å²) in [7, 11) is 0. The summed E-state index contributed by atoms with van der Waals surface area (Å²) in [6.45, 7) is 2.09. The zero-order chi connectivity index (χ0) is 14.3. The summed E-state index contributed by atoms with van der Waals surface area (Å²) in [6.07, 6.45) is 4.88. The lowest BCUT2D eigenvalue weighted by molar-refractivity contribution is 0.112. The van der Waals surface area contributed by atoms with Gasteiger partial charge in [0.1, 0.15) is 11.5 Å². The maximum atomic E-state index is 13.5. The second-order valence-corrected chi connectivity index (χ2v) is 5.65. The van der Waals surface area contributed by atoms with E-state index in [4.69, 9.17) is 11.6 Å². The minimum absolute atomic E-state index is 0.0622. The minimum Gasteiger partial charge on any atom is -0.298 e. The van der Waals surface area contributed by atoms with Gasteiger partial charge in [-0.05, 0) is 37.8 Å². The van der Waals surface area contributed by atoms with Crippen molar-refractivity contribution in [2.24, 2.45) is 5.92 Å². The zero-order valence-electron chi connectivity index (χ0n) is 11.0. The number of aromatic nitrogens is 2. The van der Waals surface area contributed by atoms with Gasteiger partial charge >= 0.3 is 0 Å². The van der Waals surface area contributed by atoms with E-state index in [1.807, 2.05) is 4.68 Å². The Balaban J connectivity index is 2.02. The smallest absolute Gasteiger partial charge is 0.153 e. The van der Waals surface area contributed by atoms with Gasteiger partial charge in [-0.3, -0.25) is 9.48 Å². The molecule has 1 aromatic heterocycles. The number of benzene rings is 1. The third-order valence-corrected chi connectivity index (χ3v) is 4.11. The number of hydrogen-bond acceptors (Lipinski definition) is 2. The highest BCUT2D eigenvalue weighted by Gasteiger charge is 2.30. The molecule has 1 atom stereocenters. The van der Waals surface area contributed by atoms with Gasteiger partial charge < -0.3 is 0 Å². The number of nitrogens with zero attached hydrogens (tertiary/aromatic N) is 2. The maximum absolute atomic E-state index is 13.5. The molecule has 3 nitrogen and oxygen atoms in total. The highest BCUT2D eigenvalue weighted by molar-refractivity contribution is 6.30. The molecule has 104 valence electrons. The van der Waals surface area contributed by atoms with Crippen molar-refractivity contribution in [3.63, 3.8) is 0 Å². The molecule has 1 unspecified atom stereocenters. The quantitative estimate of drug-likeness (QED) is 0.794. The van der Waals surface area contributed by atoms with Gasteiger partial charge in [0.15, 0.2) is 6.29 Å². The van der Waals surface area contributed by atoms with E-state index in [0.29, 0.717) is 22.7 Å². The van der Waals surface area contributed by atoms with Crippen LogP contribution in [0.2, 0.25) is 5.02 Å². The summed E-state index contributed by atoms with van der Waals surface area (Å²) in [5.74, 6) is 0.120. The molecule has 20 heavy (non-hydrogen) atoms. The van der Waals surface area contributed by atoms with Crippen LogP contribution in [0.25, 0.3) is 11.3 Å². The Kier molecular flexibility index (Phi) is 3.34. The molecule has 1 aromatic carbocycles. The normalized spacial score (nSPS) is 16.1. The van der Waals surface area contributed by atoms with E-state index in [1.54, 1.807) is 12.3 Å². The van der Waals surface area contributed by atoms with Gasteiger partial charge in [-0.1, -0.05) is 17.7 Å². The number of hydrogen-bond donors (Lipinski definition) is 0. The number of halogens is 2. The van der Waals surface area contributed by atoms with E-state index in [9.17, 15) is 9.18 Å². The summed E-state index contributed by atoms with van der Waals surface area (Å²) < 4.78 is 15.4. The molecule has 0 saturated heterocycles. The van der Waals surface area contributed by atoms with Crippen molar-refractivity contribution in [1.82, 2.24) is 9.78 Å². The van der Waals surface area contributed by atoms with Crippen LogP contribution < -0.4 is 0 Å². The second-order valence-electron chi connectivity index (χ2n) is 5.24. The van der Waals surface area contributed by atoms with Crippen molar-refractivity contribution in [3.8, 4) is 11.3 Å². The Labute approximate surface area is 121 Å². The lowest BCUT2D eigenvalue weighted by Crippen LogP contribution is -2.07. The van der Waals surface area contributed by atoms with Gasteiger partial charge in [0.25, 0.3) is 0 Å². The molecular weight excluding hydrogens is 279 g/mol. The summed E-state index contributed by atoms with van der Waals surface area (Å²) in [5, 5.41) is 4.52. The van der Waals surface area contributed by atoms with Gasteiger partial charge in [-0.15, -0.1) is 0 Å². The molecule has 1 aliphatic rings. The fourth-order valence-electron chi connectivity index (χ4n) is 2.36. The van der Waals surface area contributed by atoms with Crippen LogP contribution in [-0.2, 0) is 0 Å². The predicted octanol–water partition coefficient (Wildman–Crippen LogP) is 4.13. The fourth-order valence-corrected chi connectivity index (χ4v) is 2.48. The molecule has 0 radical (unpaired) electrons. The van der Waals surface area contributed by atoms with Gasteiger partial charge in [0.05, 0.1) is 16.6 Å². The number of aldehydes is 1. The highest BCUT2D eigenvalue weighted by Crippen LogP contribution is 2.39. The lowest BCUT2D eigenvalue weighted by atomic mass is 10.1. The Morgan fingerprint density at radius 2 is 2.25 bits per heavy atom.